The van der Waals surface area contributed by atoms with Crippen LogP contribution < -0.4 is 0 Å². The highest BCUT2D eigenvalue weighted by atomic mass is 28.4. The van der Waals surface area contributed by atoms with E-state index < -0.39 is 25.1 Å². The number of carbonyl (C=O) groups excluding carboxylic acids is 1. The Kier molecular flexibility index (Phi) is 6.31. The van der Waals surface area contributed by atoms with E-state index in [1.807, 2.05) is 0 Å². The van der Waals surface area contributed by atoms with E-state index in [2.05, 4.69) is 41.5 Å². The molecule has 1 atom stereocenters. The van der Waals surface area contributed by atoms with Crippen LogP contribution in [0, 0.1) is 16.0 Å². The molecule has 0 amide bonds. The summed E-state index contributed by atoms with van der Waals surface area (Å²) < 4.78 is 11.2. The molecule has 0 aliphatic carbocycles. The zero-order valence-corrected chi connectivity index (χ0v) is 15.3. The van der Waals surface area contributed by atoms with Gasteiger partial charge in [-0.05, 0) is 16.6 Å². The number of carbonyl (C=O) groups is 1. The lowest BCUT2D eigenvalue weighted by molar-refractivity contribution is -0.471. The normalized spacial score (nSPS) is 19.0. The molecule has 1 rings (SSSR count). The van der Waals surface area contributed by atoms with E-state index in [0.717, 1.165) is 0 Å². The maximum absolute atomic E-state index is 11.8. The van der Waals surface area contributed by atoms with Crippen LogP contribution in [0.5, 0.6) is 0 Å². The van der Waals surface area contributed by atoms with E-state index in [0.29, 0.717) is 22.2 Å². The number of rotatable bonds is 8. The minimum absolute atomic E-state index is 0.180. The molecule has 0 aromatic heterocycles. The van der Waals surface area contributed by atoms with Crippen molar-refractivity contribution < 1.29 is 18.9 Å². The summed E-state index contributed by atoms with van der Waals surface area (Å²) in [7, 11) is -2.10. The lowest BCUT2D eigenvalue weighted by Gasteiger charge is -2.42. The summed E-state index contributed by atoms with van der Waals surface area (Å²) in [6.45, 7) is 12.8. The summed E-state index contributed by atoms with van der Waals surface area (Å²) in [5.41, 5.74) is 1.59. The molecule has 6 nitrogen and oxygen atoms in total. The Labute approximate surface area is 133 Å². The summed E-state index contributed by atoms with van der Waals surface area (Å²) >= 11 is 0. The Balaban J connectivity index is 2.90. The smallest absolute Gasteiger partial charge is 0.320 e. The zero-order valence-electron chi connectivity index (χ0n) is 14.3. The molecule has 0 saturated heterocycles. The van der Waals surface area contributed by atoms with E-state index in [9.17, 15) is 14.9 Å². The summed E-state index contributed by atoms with van der Waals surface area (Å²) in [6.07, 6.45) is 1.21. The van der Waals surface area contributed by atoms with Gasteiger partial charge in [0.25, 0.3) is 0 Å². The van der Waals surface area contributed by atoms with E-state index in [1.165, 1.54) is 6.26 Å². The maximum Gasteiger partial charge on any atom is 0.320 e. The summed E-state index contributed by atoms with van der Waals surface area (Å²) in [5, 5.41) is 10.7. The topological polar surface area (TPSA) is 78.7 Å². The van der Waals surface area contributed by atoms with Gasteiger partial charge in [0.2, 0.25) is 6.54 Å². The van der Waals surface area contributed by atoms with Crippen molar-refractivity contribution in [2.24, 2.45) is 5.92 Å². The van der Waals surface area contributed by atoms with Crippen molar-refractivity contribution >= 4 is 14.3 Å². The number of hydrogen-bond donors (Lipinski definition) is 0. The molecule has 0 fully saturated rings. The van der Waals surface area contributed by atoms with Gasteiger partial charge in [-0.2, -0.15) is 0 Å². The molecule has 1 aliphatic rings. The highest BCUT2D eigenvalue weighted by Gasteiger charge is 2.46. The van der Waals surface area contributed by atoms with E-state index in [-0.39, 0.29) is 13.2 Å². The number of cyclic esters (lactones) is 1. The van der Waals surface area contributed by atoms with Crippen LogP contribution >= 0.6 is 0 Å². The van der Waals surface area contributed by atoms with Crippen LogP contribution in [0.1, 0.15) is 41.5 Å². The van der Waals surface area contributed by atoms with E-state index in [4.69, 9.17) is 9.16 Å². The average molecular weight is 329 g/mol. The molecule has 1 aliphatic heterocycles. The summed E-state index contributed by atoms with van der Waals surface area (Å²) in [6, 6.07) is 0. The van der Waals surface area contributed by atoms with Crippen molar-refractivity contribution in [3.05, 3.63) is 21.9 Å². The van der Waals surface area contributed by atoms with Crippen molar-refractivity contribution in [2.75, 3.05) is 13.2 Å². The van der Waals surface area contributed by atoms with Gasteiger partial charge in [0, 0.05) is 4.92 Å². The van der Waals surface area contributed by atoms with Crippen molar-refractivity contribution in [1.29, 1.82) is 0 Å². The predicted octanol–water partition coefficient (Wildman–Crippen LogP) is 3.51. The van der Waals surface area contributed by atoms with Crippen LogP contribution in [0.25, 0.3) is 0 Å². The van der Waals surface area contributed by atoms with Crippen LogP contribution in [0.4, 0.5) is 0 Å². The minimum Gasteiger partial charge on any atom is -0.434 e. The molecule has 0 bridgehead atoms. The molecule has 0 aromatic carbocycles. The van der Waals surface area contributed by atoms with Crippen molar-refractivity contribution in [3.8, 4) is 0 Å². The summed E-state index contributed by atoms with van der Waals surface area (Å²) in [5.74, 6) is -1.09. The van der Waals surface area contributed by atoms with Crippen molar-refractivity contribution in [3.63, 3.8) is 0 Å². The quantitative estimate of drug-likeness (QED) is 0.295. The van der Waals surface area contributed by atoms with Crippen LogP contribution in [-0.4, -0.2) is 32.4 Å². The number of nitrogens with zero attached hydrogens (tertiary/aromatic N) is 1. The Hall–Kier alpha value is -1.21. The third-order valence-corrected chi connectivity index (χ3v) is 10.7. The molecule has 0 saturated carbocycles. The first-order chi connectivity index (χ1) is 10.1. The number of hydrogen-bond acceptors (Lipinski definition) is 5. The van der Waals surface area contributed by atoms with Gasteiger partial charge < -0.3 is 9.16 Å². The van der Waals surface area contributed by atoms with Crippen LogP contribution in [0.3, 0.4) is 0 Å². The van der Waals surface area contributed by atoms with E-state index in [1.54, 1.807) is 0 Å². The first-order valence-electron chi connectivity index (χ1n) is 7.78. The van der Waals surface area contributed by atoms with Gasteiger partial charge in [0.05, 0.1) is 12.2 Å². The van der Waals surface area contributed by atoms with Crippen LogP contribution in [0.15, 0.2) is 11.8 Å². The second-order valence-corrected chi connectivity index (χ2v) is 12.3. The number of esters is 1. The molecule has 7 heteroatoms. The molecule has 0 N–H and O–H groups in total. The zero-order chi connectivity index (χ0) is 17.1. The average Bonchev–Trinajstić information content (AvgIpc) is 2.69. The molecule has 0 aromatic rings. The molecular weight excluding hydrogens is 302 g/mol. The molecule has 1 unspecified atom stereocenters. The fourth-order valence-corrected chi connectivity index (χ4v) is 9.10. The third-order valence-electron chi connectivity index (χ3n) is 4.58. The Bertz CT molecular complexity index is 437. The van der Waals surface area contributed by atoms with Gasteiger partial charge in [-0.3, -0.25) is 14.9 Å². The largest absolute Gasteiger partial charge is 0.434 e. The van der Waals surface area contributed by atoms with Gasteiger partial charge in [0.15, 0.2) is 8.32 Å². The second-order valence-electron chi connectivity index (χ2n) is 6.80. The predicted molar refractivity (Wildman–Crippen MR) is 86.5 cm³/mol. The standard InChI is InChI=1S/C15H27NO5Si/c1-10(2)22(11(3)4,12(5)6)21-9-14-13(7-16(18)19)8-20-15(14)17/h8,10-12,14H,7,9H2,1-6H3. The Morgan fingerprint density at radius 1 is 1.23 bits per heavy atom. The lowest BCUT2D eigenvalue weighted by Crippen LogP contribution is -2.49. The van der Waals surface area contributed by atoms with Gasteiger partial charge >= 0.3 is 5.97 Å². The van der Waals surface area contributed by atoms with Crippen LogP contribution in [-0.2, 0) is 14.0 Å². The highest BCUT2D eigenvalue weighted by molar-refractivity contribution is 6.77. The lowest BCUT2D eigenvalue weighted by atomic mass is 10.0. The SMILES string of the molecule is CC(C)[Si](OCC1C(=O)OC=C1C[N+](=O)[O-])(C(C)C)C(C)C. The first-order valence-corrected chi connectivity index (χ1v) is 9.92. The minimum atomic E-state index is -2.10. The molecule has 0 spiro atoms. The molecule has 1 heterocycles. The fraction of sp³-hybridized carbons (Fsp3) is 0.800. The fourth-order valence-electron chi connectivity index (χ4n) is 3.65. The molecule has 0 radical (unpaired) electrons. The van der Waals surface area contributed by atoms with Gasteiger partial charge in [0.1, 0.15) is 12.2 Å². The van der Waals surface area contributed by atoms with Gasteiger partial charge in [-0.15, -0.1) is 0 Å². The Morgan fingerprint density at radius 3 is 2.14 bits per heavy atom. The molecular formula is C15H27NO5Si. The molecule has 22 heavy (non-hydrogen) atoms. The summed E-state index contributed by atoms with van der Waals surface area (Å²) in [4.78, 5) is 22.1. The third kappa shape index (κ3) is 3.75. The Morgan fingerprint density at radius 2 is 1.73 bits per heavy atom. The monoisotopic (exact) mass is 329 g/mol. The second kappa shape index (κ2) is 7.37. The highest BCUT2D eigenvalue weighted by Crippen LogP contribution is 2.42. The van der Waals surface area contributed by atoms with E-state index >= 15 is 0 Å². The maximum atomic E-state index is 11.8. The number of ether oxygens (including phenoxy) is 1. The van der Waals surface area contributed by atoms with Crippen molar-refractivity contribution in [2.45, 2.75) is 58.2 Å². The molecule has 126 valence electrons. The van der Waals surface area contributed by atoms with Gasteiger partial charge in [-0.1, -0.05) is 41.5 Å². The van der Waals surface area contributed by atoms with Crippen LogP contribution in [0.2, 0.25) is 16.6 Å². The number of nitro groups is 1. The van der Waals surface area contributed by atoms with Crippen molar-refractivity contribution in [1.82, 2.24) is 0 Å². The first kappa shape index (κ1) is 18.8. The van der Waals surface area contributed by atoms with Gasteiger partial charge in [-0.25, -0.2) is 0 Å².